The van der Waals surface area contributed by atoms with E-state index in [0.717, 1.165) is 27.6 Å². The van der Waals surface area contributed by atoms with Crippen molar-refractivity contribution in [3.05, 3.63) is 133 Å². The molecule has 2 aliphatic rings. The Hall–Kier alpha value is -2.92. The van der Waals surface area contributed by atoms with E-state index in [1.54, 1.807) is 0 Å². The van der Waals surface area contributed by atoms with E-state index in [4.69, 9.17) is 0 Å². The van der Waals surface area contributed by atoms with E-state index >= 15 is 9.13 Å². The minimum Gasteiger partial charge on any atom is -0.313 e. The van der Waals surface area contributed by atoms with Gasteiger partial charge in [-0.25, -0.2) is 0 Å². The maximum absolute atomic E-state index is 15.6. The van der Waals surface area contributed by atoms with Gasteiger partial charge in [-0.15, -0.1) is 0 Å². The summed E-state index contributed by atoms with van der Waals surface area (Å²) in [7, 11) is -6.26. The van der Waals surface area contributed by atoms with Crippen LogP contribution in [-0.2, 0) is 9.13 Å². The van der Waals surface area contributed by atoms with Crippen LogP contribution in [0.1, 0.15) is 6.42 Å². The Bertz CT molecular complexity index is 1230. The molecular formula is C31H28O2P2. The van der Waals surface area contributed by atoms with Gasteiger partial charge in [0.15, 0.2) is 0 Å². The predicted octanol–water partition coefficient (Wildman–Crippen LogP) is 5.96. The lowest BCUT2D eigenvalue weighted by Crippen LogP contribution is -2.41. The van der Waals surface area contributed by atoms with Gasteiger partial charge in [-0.1, -0.05) is 133 Å². The largest absolute Gasteiger partial charge is 0.313 e. The Balaban J connectivity index is 1.63. The summed E-state index contributed by atoms with van der Waals surface area (Å²) in [5.41, 5.74) is -0.456. The molecule has 0 N–H and O–H groups in total. The molecule has 0 radical (unpaired) electrons. The number of rotatable bonds is 6. The van der Waals surface area contributed by atoms with Gasteiger partial charge in [-0.2, -0.15) is 0 Å². The Morgan fingerprint density at radius 1 is 0.429 bits per heavy atom. The zero-order valence-electron chi connectivity index (χ0n) is 19.4. The molecule has 2 bridgehead atoms. The molecule has 2 nitrogen and oxygen atoms in total. The normalized spacial score (nSPS) is 23.4. The summed E-state index contributed by atoms with van der Waals surface area (Å²) in [6.45, 7) is 0. The van der Waals surface area contributed by atoms with Gasteiger partial charge in [0.25, 0.3) is 0 Å². The van der Waals surface area contributed by atoms with Crippen molar-refractivity contribution in [2.45, 2.75) is 17.7 Å². The Morgan fingerprint density at radius 3 is 0.943 bits per heavy atom. The highest BCUT2D eigenvalue weighted by molar-refractivity contribution is 7.83. The van der Waals surface area contributed by atoms with Gasteiger partial charge in [-0.3, -0.25) is 0 Å². The monoisotopic (exact) mass is 494 g/mol. The third kappa shape index (κ3) is 3.55. The van der Waals surface area contributed by atoms with Crippen LogP contribution in [0.25, 0.3) is 0 Å². The third-order valence-electron chi connectivity index (χ3n) is 7.78. The van der Waals surface area contributed by atoms with Gasteiger partial charge in [0.2, 0.25) is 0 Å². The van der Waals surface area contributed by atoms with Crippen molar-refractivity contribution in [3.8, 4) is 0 Å². The average molecular weight is 495 g/mol. The quantitative estimate of drug-likeness (QED) is 0.245. The predicted molar refractivity (Wildman–Crippen MR) is 148 cm³/mol. The van der Waals surface area contributed by atoms with Crippen molar-refractivity contribution in [2.75, 3.05) is 0 Å². The molecule has 4 heteroatoms. The van der Waals surface area contributed by atoms with Crippen molar-refractivity contribution in [1.29, 1.82) is 0 Å². The summed E-state index contributed by atoms with van der Waals surface area (Å²) >= 11 is 0. The fourth-order valence-electron chi connectivity index (χ4n) is 6.32. The van der Waals surface area contributed by atoms with E-state index in [1.807, 2.05) is 121 Å². The first kappa shape index (κ1) is 22.5. The van der Waals surface area contributed by atoms with Crippen molar-refractivity contribution in [1.82, 2.24) is 0 Å². The van der Waals surface area contributed by atoms with E-state index in [1.165, 1.54) is 0 Å². The first-order chi connectivity index (χ1) is 17.1. The standard InChI is InChI=1S/C31H28O2P2/c32-34(26-13-5-1-6-14-26,27-15-7-2-8-16-27)30-24-21-22-25(23-24)31(30)35(33,28-17-9-3-10-18-28)29-19-11-4-12-20-29/h1-22,24-25,30-31H,23H2/t24-,25-,30-,31-/m0/s1. The smallest absolute Gasteiger partial charge is 0.147 e. The second kappa shape index (κ2) is 8.94. The second-order valence-electron chi connectivity index (χ2n) is 9.59. The highest BCUT2D eigenvalue weighted by Gasteiger charge is 2.60. The molecule has 0 aliphatic heterocycles. The number of benzene rings is 4. The molecule has 4 aromatic rings. The molecule has 0 aromatic heterocycles. The fourth-order valence-corrected chi connectivity index (χ4v) is 14.7. The average Bonchev–Trinajstić information content (AvgIpc) is 3.57. The molecule has 0 spiro atoms. The SMILES string of the molecule is O=P(c1ccccc1)(c1ccccc1)[C@@H]1[C@@H](P(=O)(c2ccccc2)c2ccccc2)[C@H]2C=C[C@H]1C2. The van der Waals surface area contributed by atoms with Gasteiger partial charge in [0.1, 0.15) is 14.3 Å². The maximum atomic E-state index is 15.6. The van der Waals surface area contributed by atoms with Crippen LogP contribution in [0.15, 0.2) is 133 Å². The summed E-state index contributed by atoms with van der Waals surface area (Å²) in [5, 5.41) is 3.43. The van der Waals surface area contributed by atoms with Gasteiger partial charge in [0, 0.05) is 32.5 Å². The number of fused-ring (bicyclic) bond motifs is 2. The molecule has 6 rings (SSSR count). The molecular weight excluding hydrogens is 466 g/mol. The molecule has 4 atom stereocenters. The highest BCUT2D eigenvalue weighted by Crippen LogP contribution is 2.69. The van der Waals surface area contributed by atoms with Crippen LogP contribution in [0, 0.1) is 11.8 Å². The maximum Gasteiger partial charge on any atom is 0.147 e. The second-order valence-corrected chi connectivity index (χ2v) is 15.5. The van der Waals surface area contributed by atoms with Gasteiger partial charge >= 0.3 is 0 Å². The summed E-state index contributed by atoms with van der Waals surface area (Å²) in [4.78, 5) is 0. The van der Waals surface area contributed by atoms with Gasteiger partial charge < -0.3 is 9.13 Å². The van der Waals surface area contributed by atoms with E-state index in [0.29, 0.717) is 0 Å². The lowest BCUT2D eigenvalue weighted by Gasteiger charge is -2.40. The minimum absolute atomic E-state index is 0.136. The molecule has 0 heterocycles. The summed E-state index contributed by atoms with van der Waals surface area (Å²) in [6, 6.07) is 39.6. The van der Waals surface area contributed by atoms with Crippen LogP contribution in [0.5, 0.6) is 0 Å². The van der Waals surface area contributed by atoms with Crippen LogP contribution in [0.3, 0.4) is 0 Å². The topological polar surface area (TPSA) is 34.1 Å². The Morgan fingerprint density at radius 2 is 0.686 bits per heavy atom. The minimum atomic E-state index is -3.13. The van der Waals surface area contributed by atoms with Crippen molar-refractivity contribution in [3.63, 3.8) is 0 Å². The van der Waals surface area contributed by atoms with E-state index < -0.39 is 14.3 Å². The molecule has 0 unspecified atom stereocenters. The van der Waals surface area contributed by atoms with E-state index in [9.17, 15) is 0 Å². The molecule has 35 heavy (non-hydrogen) atoms. The fraction of sp³-hybridized carbons (Fsp3) is 0.161. The molecule has 1 saturated carbocycles. The van der Waals surface area contributed by atoms with E-state index in [2.05, 4.69) is 12.2 Å². The Labute approximate surface area is 207 Å². The number of hydrogen-bond donors (Lipinski definition) is 0. The summed E-state index contributed by atoms with van der Waals surface area (Å²) in [5.74, 6) is 0.272. The lowest BCUT2D eigenvalue weighted by atomic mass is 10.1. The zero-order valence-corrected chi connectivity index (χ0v) is 21.2. The van der Waals surface area contributed by atoms with Crippen LogP contribution in [-0.4, -0.2) is 11.3 Å². The number of hydrogen-bond acceptors (Lipinski definition) is 2. The lowest BCUT2D eigenvalue weighted by molar-refractivity contribution is 0.549. The first-order valence-electron chi connectivity index (χ1n) is 12.2. The molecule has 0 amide bonds. The van der Waals surface area contributed by atoms with Crippen LogP contribution in [0.4, 0.5) is 0 Å². The van der Waals surface area contributed by atoms with Crippen LogP contribution >= 0.6 is 14.3 Å². The van der Waals surface area contributed by atoms with Gasteiger partial charge in [-0.05, 0) is 18.3 Å². The third-order valence-corrected chi connectivity index (χ3v) is 15.4. The van der Waals surface area contributed by atoms with Crippen molar-refractivity contribution in [2.24, 2.45) is 11.8 Å². The van der Waals surface area contributed by atoms with Crippen LogP contribution in [0.2, 0.25) is 0 Å². The molecule has 0 saturated heterocycles. The molecule has 1 fully saturated rings. The first-order valence-corrected chi connectivity index (χ1v) is 15.8. The number of allylic oxidation sites excluding steroid dienone is 2. The summed E-state index contributed by atoms with van der Waals surface area (Å²) < 4.78 is 31.1. The molecule has 4 aromatic carbocycles. The van der Waals surface area contributed by atoms with Gasteiger partial charge in [0.05, 0.1) is 0 Å². The van der Waals surface area contributed by atoms with Crippen LogP contribution < -0.4 is 21.2 Å². The van der Waals surface area contributed by atoms with Crippen molar-refractivity contribution < 1.29 is 9.13 Å². The van der Waals surface area contributed by atoms with Crippen molar-refractivity contribution >= 4 is 35.5 Å². The highest BCUT2D eigenvalue weighted by atomic mass is 31.2. The molecule has 174 valence electrons. The van der Waals surface area contributed by atoms with E-state index in [-0.39, 0.29) is 23.2 Å². The molecule has 2 aliphatic carbocycles. The zero-order chi connectivity index (χ0) is 23.9. The Kier molecular flexibility index (Phi) is 5.76. The summed E-state index contributed by atoms with van der Waals surface area (Å²) in [6.07, 6.45) is 5.39.